The van der Waals surface area contributed by atoms with Crippen LogP contribution in [0.15, 0.2) is 54.7 Å². The van der Waals surface area contributed by atoms with Crippen LogP contribution in [0.5, 0.6) is 0 Å². The Morgan fingerprint density at radius 1 is 1.06 bits per heavy atom. The molecule has 1 saturated heterocycles. The number of nitrogens with one attached hydrogen (secondary N) is 2. The van der Waals surface area contributed by atoms with Crippen LogP contribution in [0.1, 0.15) is 48.9 Å². The van der Waals surface area contributed by atoms with Gasteiger partial charge in [0.25, 0.3) is 0 Å². The summed E-state index contributed by atoms with van der Waals surface area (Å²) in [6.07, 6.45) is 2.81. The molecule has 3 aromatic rings. The van der Waals surface area contributed by atoms with Crippen LogP contribution in [-0.2, 0) is 9.53 Å². The number of imidazole rings is 1. The van der Waals surface area contributed by atoms with Gasteiger partial charge < -0.3 is 25.7 Å². The smallest absolute Gasteiger partial charge is 0.407 e. The normalized spacial score (nSPS) is 16.1. The number of likely N-dealkylation sites (tertiary alicyclic amines) is 1. The zero-order valence-electron chi connectivity index (χ0n) is 20.7. The zero-order valence-corrected chi connectivity index (χ0v) is 20.7. The summed E-state index contributed by atoms with van der Waals surface area (Å²) in [5.74, 6) is 0.0505. The third-order valence-electron chi connectivity index (χ3n) is 6.54. The van der Waals surface area contributed by atoms with Crippen molar-refractivity contribution in [3.8, 4) is 22.4 Å². The predicted octanol–water partition coefficient (Wildman–Crippen LogP) is 3.89. The molecule has 2 atom stereocenters. The number of aromatic amines is 1. The SMILES string of the molecule is COC(=O)N[C@H](C(=O)N1CCC[C@H]1c1ncc(-c2ccc(-c3ccc(C(N)=O)cc3)cc2)[nH]1)C(C)C. The van der Waals surface area contributed by atoms with Crippen LogP contribution >= 0.6 is 0 Å². The first kappa shape index (κ1) is 25.0. The van der Waals surface area contributed by atoms with E-state index in [2.05, 4.69) is 15.3 Å². The molecule has 0 unspecified atom stereocenters. The second-order valence-corrected chi connectivity index (χ2v) is 9.25. The van der Waals surface area contributed by atoms with Gasteiger partial charge in [-0.05, 0) is 47.6 Å². The van der Waals surface area contributed by atoms with Gasteiger partial charge in [0.05, 0.1) is 25.0 Å². The molecular formula is C27H31N5O4. The van der Waals surface area contributed by atoms with Gasteiger partial charge >= 0.3 is 6.09 Å². The third kappa shape index (κ3) is 5.25. The van der Waals surface area contributed by atoms with Crippen LogP contribution < -0.4 is 11.1 Å². The average Bonchev–Trinajstić information content (AvgIpc) is 3.56. The first-order valence-corrected chi connectivity index (χ1v) is 12.0. The lowest BCUT2D eigenvalue weighted by molar-refractivity contribution is -0.135. The summed E-state index contributed by atoms with van der Waals surface area (Å²) >= 11 is 0. The minimum Gasteiger partial charge on any atom is -0.453 e. The second kappa shape index (κ2) is 10.6. The molecule has 4 rings (SSSR count). The average molecular weight is 490 g/mol. The monoisotopic (exact) mass is 489 g/mol. The van der Waals surface area contributed by atoms with Crippen molar-refractivity contribution >= 4 is 17.9 Å². The van der Waals surface area contributed by atoms with E-state index >= 15 is 0 Å². The first-order chi connectivity index (χ1) is 17.3. The largest absolute Gasteiger partial charge is 0.453 e. The van der Waals surface area contributed by atoms with E-state index in [9.17, 15) is 14.4 Å². The van der Waals surface area contributed by atoms with E-state index in [0.29, 0.717) is 12.1 Å². The van der Waals surface area contributed by atoms with E-state index in [1.165, 1.54) is 7.11 Å². The molecule has 2 heterocycles. The molecule has 9 heteroatoms. The lowest BCUT2D eigenvalue weighted by Gasteiger charge is -2.30. The molecule has 0 spiro atoms. The molecule has 3 amide bonds. The number of nitrogens with two attached hydrogens (primary N) is 1. The number of aromatic nitrogens is 2. The fourth-order valence-electron chi connectivity index (χ4n) is 4.51. The summed E-state index contributed by atoms with van der Waals surface area (Å²) in [5.41, 5.74) is 9.61. The molecule has 0 radical (unpaired) electrons. The van der Waals surface area contributed by atoms with E-state index in [0.717, 1.165) is 41.1 Å². The fourth-order valence-corrected chi connectivity index (χ4v) is 4.51. The molecule has 1 aliphatic heterocycles. The third-order valence-corrected chi connectivity index (χ3v) is 6.54. The molecule has 1 aliphatic rings. The van der Waals surface area contributed by atoms with Crippen LogP contribution in [-0.4, -0.2) is 52.5 Å². The van der Waals surface area contributed by atoms with Gasteiger partial charge in [0.2, 0.25) is 11.8 Å². The zero-order chi connectivity index (χ0) is 25.8. The van der Waals surface area contributed by atoms with Crippen molar-refractivity contribution in [1.29, 1.82) is 0 Å². The number of amides is 3. The molecule has 188 valence electrons. The maximum absolute atomic E-state index is 13.3. The number of H-pyrrole nitrogens is 1. The van der Waals surface area contributed by atoms with Gasteiger partial charge in [0.15, 0.2) is 0 Å². The van der Waals surface area contributed by atoms with Crippen LogP contribution in [0, 0.1) is 5.92 Å². The number of nitrogens with zero attached hydrogens (tertiary/aromatic N) is 2. The number of primary amides is 1. The first-order valence-electron chi connectivity index (χ1n) is 12.0. The van der Waals surface area contributed by atoms with Crippen LogP contribution in [0.2, 0.25) is 0 Å². The summed E-state index contributed by atoms with van der Waals surface area (Å²) < 4.78 is 4.70. The number of methoxy groups -OCH3 is 1. The molecule has 2 aromatic carbocycles. The summed E-state index contributed by atoms with van der Waals surface area (Å²) in [6.45, 7) is 4.39. The highest BCUT2D eigenvalue weighted by Gasteiger charge is 2.37. The lowest BCUT2D eigenvalue weighted by atomic mass is 10.0. The Bertz CT molecular complexity index is 1230. The second-order valence-electron chi connectivity index (χ2n) is 9.25. The molecular weight excluding hydrogens is 458 g/mol. The maximum Gasteiger partial charge on any atom is 0.407 e. The lowest BCUT2D eigenvalue weighted by Crippen LogP contribution is -2.51. The number of hydrogen-bond donors (Lipinski definition) is 3. The summed E-state index contributed by atoms with van der Waals surface area (Å²) in [4.78, 5) is 46.2. The van der Waals surface area contributed by atoms with Gasteiger partial charge in [-0.15, -0.1) is 0 Å². The highest BCUT2D eigenvalue weighted by Crippen LogP contribution is 2.33. The highest BCUT2D eigenvalue weighted by atomic mass is 16.5. The van der Waals surface area contributed by atoms with Crippen molar-refractivity contribution in [3.63, 3.8) is 0 Å². The summed E-state index contributed by atoms with van der Waals surface area (Å²) in [6, 6.07) is 14.3. The van der Waals surface area contributed by atoms with Gasteiger partial charge in [-0.1, -0.05) is 50.2 Å². The Morgan fingerprint density at radius 2 is 1.67 bits per heavy atom. The van der Waals surface area contributed by atoms with Crippen molar-refractivity contribution in [2.75, 3.05) is 13.7 Å². The van der Waals surface area contributed by atoms with E-state index in [4.69, 9.17) is 10.5 Å². The quantitative estimate of drug-likeness (QED) is 0.464. The molecule has 1 aromatic heterocycles. The number of benzene rings is 2. The minimum atomic E-state index is -0.669. The molecule has 0 bridgehead atoms. The number of hydrogen-bond acceptors (Lipinski definition) is 5. The Balaban J connectivity index is 1.50. The standard InChI is InChI=1S/C27H31N5O4/c1-16(2)23(31-27(35)36-3)26(34)32-14-4-5-22(32)25-29-15-21(30-25)19-10-6-17(7-11-19)18-8-12-20(13-9-18)24(28)33/h6-13,15-16,22-23H,4-5,14H2,1-3H3,(H2,28,33)(H,29,30)(H,31,35)/t22-,23-/m0/s1. The van der Waals surface area contributed by atoms with Crippen molar-refractivity contribution in [2.45, 2.75) is 38.8 Å². The van der Waals surface area contributed by atoms with Crippen molar-refractivity contribution in [2.24, 2.45) is 11.7 Å². The predicted molar refractivity (Wildman–Crippen MR) is 136 cm³/mol. The molecule has 4 N–H and O–H groups in total. The molecule has 0 aliphatic carbocycles. The number of carbonyl (C=O) groups excluding carboxylic acids is 3. The number of ether oxygens (including phenoxy) is 1. The molecule has 36 heavy (non-hydrogen) atoms. The maximum atomic E-state index is 13.3. The topological polar surface area (TPSA) is 130 Å². The minimum absolute atomic E-state index is 0.0875. The summed E-state index contributed by atoms with van der Waals surface area (Å²) in [7, 11) is 1.28. The van der Waals surface area contributed by atoms with Gasteiger partial charge in [-0.2, -0.15) is 0 Å². The van der Waals surface area contributed by atoms with Crippen LogP contribution in [0.25, 0.3) is 22.4 Å². The Kier molecular flexibility index (Phi) is 7.38. The molecule has 0 saturated carbocycles. The van der Waals surface area contributed by atoms with Crippen molar-refractivity contribution in [3.05, 3.63) is 66.1 Å². The summed E-state index contributed by atoms with van der Waals surface area (Å²) in [5, 5.41) is 2.67. The number of rotatable bonds is 7. The molecule has 1 fully saturated rings. The van der Waals surface area contributed by atoms with E-state index < -0.39 is 18.0 Å². The van der Waals surface area contributed by atoms with Crippen molar-refractivity contribution in [1.82, 2.24) is 20.2 Å². The Labute approximate surface area is 210 Å². The highest BCUT2D eigenvalue weighted by molar-refractivity contribution is 5.93. The van der Waals surface area contributed by atoms with Crippen molar-refractivity contribution < 1.29 is 19.1 Å². The van der Waals surface area contributed by atoms with Crippen LogP contribution in [0.3, 0.4) is 0 Å². The van der Waals surface area contributed by atoms with Gasteiger partial charge in [-0.25, -0.2) is 9.78 Å². The van der Waals surface area contributed by atoms with Crippen LogP contribution in [0.4, 0.5) is 4.79 Å². The Morgan fingerprint density at radius 3 is 2.25 bits per heavy atom. The van der Waals surface area contributed by atoms with E-state index in [1.54, 1.807) is 23.2 Å². The Hall–Kier alpha value is -4.14. The number of carbonyl (C=O) groups is 3. The van der Waals surface area contributed by atoms with Gasteiger partial charge in [-0.3, -0.25) is 9.59 Å². The van der Waals surface area contributed by atoms with Gasteiger partial charge in [0.1, 0.15) is 11.9 Å². The van der Waals surface area contributed by atoms with E-state index in [1.807, 2.05) is 50.2 Å². The van der Waals surface area contributed by atoms with Gasteiger partial charge in [0, 0.05) is 12.1 Å². The van der Waals surface area contributed by atoms with E-state index in [-0.39, 0.29) is 17.9 Å². The molecule has 9 nitrogen and oxygen atoms in total. The number of alkyl carbamates (subject to hydrolysis) is 1. The fraction of sp³-hybridized carbons (Fsp3) is 0.333.